The summed E-state index contributed by atoms with van der Waals surface area (Å²) in [5.74, 6) is 1.69. The largest absolute Gasteiger partial charge is 0.355 e. The first-order valence-electron chi connectivity index (χ1n) is 7.30. The van der Waals surface area contributed by atoms with Crippen LogP contribution in [0, 0.1) is 5.92 Å². The van der Waals surface area contributed by atoms with Gasteiger partial charge in [-0.2, -0.15) is 0 Å². The fourth-order valence-electron chi connectivity index (χ4n) is 2.83. The lowest BCUT2D eigenvalue weighted by Gasteiger charge is -2.23. The zero-order valence-corrected chi connectivity index (χ0v) is 13.6. The summed E-state index contributed by atoms with van der Waals surface area (Å²) in [4.78, 5) is 9.40. The number of aromatic nitrogens is 1. The summed E-state index contributed by atoms with van der Waals surface area (Å²) in [7, 11) is 4.30. The summed E-state index contributed by atoms with van der Waals surface area (Å²) in [6, 6.07) is 4.58. The number of pyridine rings is 1. The van der Waals surface area contributed by atoms with Crippen molar-refractivity contribution in [1.82, 2.24) is 15.2 Å². The Hall–Kier alpha value is -0.840. The van der Waals surface area contributed by atoms with Crippen LogP contribution in [0.5, 0.6) is 0 Å². The van der Waals surface area contributed by atoms with Crippen LogP contribution in [0.25, 0.3) is 0 Å². The van der Waals surface area contributed by atoms with Crippen LogP contribution < -0.4 is 10.2 Å². The molecule has 0 radical (unpaired) electrons. The van der Waals surface area contributed by atoms with E-state index in [4.69, 9.17) is 16.6 Å². The number of likely N-dealkylation sites (N-methyl/N-ethyl adjacent to an activating group) is 1. The van der Waals surface area contributed by atoms with Gasteiger partial charge in [0.15, 0.2) is 0 Å². The summed E-state index contributed by atoms with van der Waals surface area (Å²) in [5.41, 5.74) is 0.937. The van der Waals surface area contributed by atoms with Gasteiger partial charge in [-0.1, -0.05) is 25.4 Å². The number of halogens is 1. The number of rotatable bonds is 5. The molecule has 0 bridgehead atoms. The van der Waals surface area contributed by atoms with E-state index in [0.29, 0.717) is 12.0 Å². The summed E-state index contributed by atoms with van der Waals surface area (Å²) in [6.07, 6.45) is 0. The standard InChI is InChI=1S/C15H25ClN4/c1-5-17-8-13-12(16)6-7-15(18-13)20-9-11(2)14(10-20)19(3)4/h6-7,11,14,17H,5,8-10H2,1-4H3. The molecular formula is C15H25ClN4. The van der Waals surface area contributed by atoms with E-state index in [1.807, 2.05) is 12.1 Å². The second kappa shape index (κ2) is 6.74. The zero-order valence-electron chi connectivity index (χ0n) is 12.9. The quantitative estimate of drug-likeness (QED) is 0.903. The fourth-order valence-corrected chi connectivity index (χ4v) is 3.00. The van der Waals surface area contributed by atoms with Crippen molar-refractivity contribution in [2.45, 2.75) is 26.4 Å². The smallest absolute Gasteiger partial charge is 0.129 e. The Morgan fingerprint density at radius 1 is 1.40 bits per heavy atom. The zero-order chi connectivity index (χ0) is 14.7. The molecule has 0 spiro atoms. The molecule has 1 fully saturated rings. The molecule has 0 aromatic carbocycles. The van der Waals surface area contributed by atoms with Crippen LogP contribution in [0.1, 0.15) is 19.5 Å². The Kier molecular flexibility index (Phi) is 5.24. The van der Waals surface area contributed by atoms with Crippen molar-refractivity contribution in [3.05, 3.63) is 22.8 Å². The third-order valence-corrected chi connectivity index (χ3v) is 4.35. The van der Waals surface area contributed by atoms with E-state index >= 15 is 0 Å². The molecule has 2 rings (SSSR count). The first-order chi connectivity index (χ1) is 9.52. The van der Waals surface area contributed by atoms with Crippen molar-refractivity contribution >= 4 is 17.4 Å². The lowest BCUT2D eigenvalue weighted by molar-refractivity contribution is 0.266. The predicted octanol–water partition coefficient (Wildman–Crippen LogP) is 2.23. The normalized spacial score (nSPS) is 22.8. The summed E-state index contributed by atoms with van der Waals surface area (Å²) in [5, 5.41) is 4.03. The third-order valence-electron chi connectivity index (χ3n) is 4.01. The highest BCUT2D eigenvalue weighted by Gasteiger charge is 2.31. The molecule has 1 saturated heterocycles. The molecule has 1 aromatic heterocycles. The number of nitrogens with zero attached hydrogens (tertiary/aromatic N) is 3. The number of hydrogen-bond donors (Lipinski definition) is 1. The van der Waals surface area contributed by atoms with Crippen molar-refractivity contribution < 1.29 is 0 Å². The van der Waals surface area contributed by atoms with Crippen LogP contribution in [-0.4, -0.2) is 49.7 Å². The van der Waals surface area contributed by atoms with Gasteiger partial charge in [-0.15, -0.1) is 0 Å². The third kappa shape index (κ3) is 3.43. The predicted molar refractivity (Wildman–Crippen MR) is 85.5 cm³/mol. The molecule has 0 saturated carbocycles. The fraction of sp³-hybridized carbons (Fsp3) is 0.667. The van der Waals surface area contributed by atoms with E-state index < -0.39 is 0 Å². The van der Waals surface area contributed by atoms with Gasteiger partial charge < -0.3 is 15.1 Å². The summed E-state index contributed by atoms with van der Waals surface area (Å²) >= 11 is 6.22. The van der Waals surface area contributed by atoms with Gasteiger partial charge in [-0.05, 0) is 38.7 Å². The molecule has 5 heteroatoms. The van der Waals surface area contributed by atoms with E-state index in [0.717, 1.165) is 42.7 Å². The molecule has 20 heavy (non-hydrogen) atoms. The van der Waals surface area contributed by atoms with E-state index in [1.165, 1.54) is 0 Å². The van der Waals surface area contributed by atoms with Crippen LogP contribution in [0.2, 0.25) is 5.02 Å². The average molecular weight is 297 g/mol. The van der Waals surface area contributed by atoms with E-state index in [2.05, 4.69) is 43.1 Å². The Morgan fingerprint density at radius 2 is 2.15 bits per heavy atom. The molecule has 1 aromatic rings. The minimum Gasteiger partial charge on any atom is -0.355 e. The van der Waals surface area contributed by atoms with Crippen LogP contribution in [0.15, 0.2) is 12.1 Å². The van der Waals surface area contributed by atoms with E-state index in [1.54, 1.807) is 0 Å². The first kappa shape index (κ1) is 15.5. The van der Waals surface area contributed by atoms with E-state index in [-0.39, 0.29) is 0 Å². The second-order valence-electron chi connectivity index (χ2n) is 5.79. The van der Waals surface area contributed by atoms with Crippen molar-refractivity contribution in [3.63, 3.8) is 0 Å². The van der Waals surface area contributed by atoms with Crippen molar-refractivity contribution in [3.8, 4) is 0 Å². The summed E-state index contributed by atoms with van der Waals surface area (Å²) in [6.45, 7) is 8.12. The molecule has 1 aliphatic heterocycles. The van der Waals surface area contributed by atoms with Gasteiger partial charge in [0.05, 0.1) is 10.7 Å². The van der Waals surface area contributed by atoms with Crippen LogP contribution in [0.3, 0.4) is 0 Å². The topological polar surface area (TPSA) is 31.4 Å². The molecule has 2 unspecified atom stereocenters. The van der Waals surface area contributed by atoms with Crippen LogP contribution in [0.4, 0.5) is 5.82 Å². The molecule has 1 N–H and O–H groups in total. The highest BCUT2D eigenvalue weighted by Crippen LogP contribution is 2.26. The number of nitrogens with one attached hydrogen (secondary N) is 1. The number of anilines is 1. The highest BCUT2D eigenvalue weighted by atomic mass is 35.5. The van der Waals surface area contributed by atoms with Gasteiger partial charge in [-0.25, -0.2) is 4.98 Å². The molecule has 1 aliphatic rings. The van der Waals surface area contributed by atoms with Gasteiger partial charge in [0.25, 0.3) is 0 Å². The lowest BCUT2D eigenvalue weighted by Crippen LogP contribution is -2.34. The first-order valence-corrected chi connectivity index (χ1v) is 7.68. The lowest BCUT2D eigenvalue weighted by atomic mass is 10.1. The van der Waals surface area contributed by atoms with Crippen molar-refractivity contribution in [1.29, 1.82) is 0 Å². The highest BCUT2D eigenvalue weighted by molar-refractivity contribution is 6.31. The monoisotopic (exact) mass is 296 g/mol. The maximum atomic E-state index is 6.22. The Bertz CT molecular complexity index is 449. The van der Waals surface area contributed by atoms with Gasteiger partial charge in [0.2, 0.25) is 0 Å². The van der Waals surface area contributed by atoms with Gasteiger partial charge in [0, 0.05) is 25.7 Å². The average Bonchev–Trinajstić information content (AvgIpc) is 2.80. The SMILES string of the molecule is CCNCc1nc(N2CC(C)C(N(C)C)C2)ccc1Cl. The van der Waals surface area contributed by atoms with Crippen molar-refractivity contribution in [2.75, 3.05) is 38.6 Å². The Balaban J connectivity index is 2.13. The van der Waals surface area contributed by atoms with Crippen molar-refractivity contribution in [2.24, 2.45) is 5.92 Å². The summed E-state index contributed by atoms with van der Waals surface area (Å²) < 4.78 is 0. The maximum absolute atomic E-state index is 6.22. The van der Waals surface area contributed by atoms with Gasteiger partial charge in [-0.3, -0.25) is 0 Å². The maximum Gasteiger partial charge on any atom is 0.129 e. The minimum absolute atomic E-state index is 0.588. The Morgan fingerprint density at radius 3 is 2.75 bits per heavy atom. The van der Waals surface area contributed by atoms with E-state index in [9.17, 15) is 0 Å². The molecule has 0 aliphatic carbocycles. The molecule has 4 nitrogen and oxygen atoms in total. The minimum atomic E-state index is 0.588. The van der Waals surface area contributed by atoms with Gasteiger partial charge >= 0.3 is 0 Å². The molecule has 2 atom stereocenters. The Labute approximate surface area is 127 Å². The molecule has 2 heterocycles. The van der Waals surface area contributed by atoms with Gasteiger partial charge in [0.1, 0.15) is 5.82 Å². The van der Waals surface area contributed by atoms with Crippen LogP contribution in [-0.2, 0) is 6.54 Å². The molecular weight excluding hydrogens is 272 g/mol. The molecule has 0 amide bonds. The second-order valence-corrected chi connectivity index (χ2v) is 6.20. The van der Waals surface area contributed by atoms with Crippen LogP contribution >= 0.6 is 11.6 Å². The molecule has 112 valence electrons. The number of hydrogen-bond acceptors (Lipinski definition) is 4.